The van der Waals surface area contributed by atoms with Gasteiger partial charge in [-0.25, -0.2) is 4.68 Å². The van der Waals surface area contributed by atoms with E-state index in [2.05, 4.69) is 26.8 Å². The molecule has 112 valence electrons. The average Bonchev–Trinajstić information content (AvgIpc) is 2.78. The zero-order valence-electron chi connectivity index (χ0n) is 12.7. The Morgan fingerprint density at radius 1 is 1.30 bits per heavy atom. The lowest BCUT2D eigenvalue weighted by Crippen LogP contribution is -2.62. The number of piperazine rings is 1. The number of nitrogens with zero attached hydrogens (tertiary/aromatic N) is 5. The van der Waals surface area contributed by atoms with E-state index in [0.29, 0.717) is 12.1 Å². The van der Waals surface area contributed by atoms with Crippen molar-refractivity contribution >= 4 is 5.95 Å². The van der Waals surface area contributed by atoms with Crippen LogP contribution in [-0.2, 0) is 11.8 Å². The molecule has 1 aromatic heterocycles. The molecule has 6 nitrogen and oxygen atoms in total. The number of anilines is 1. The minimum absolute atomic E-state index is 0.492. The molecule has 2 fully saturated rings. The maximum absolute atomic E-state index is 5.81. The number of aromatic nitrogens is 3. The highest BCUT2D eigenvalue weighted by molar-refractivity contribution is 5.32. The number of morpholine rings is 1. The zero-order valence-corrected chi connectivity index (χ0v) is 12.7. The van der Waals surface area contributed by atoms with Gasteiger partial charge in [-0.3, -0.25) is 4.90 Å². The van der Waals surface area contributed by atoms with E-state index in [-0.39, 0.29) is 0 Å². The van der Waals surface area contributed by atoms with Crippen molar-refractivity contribution in [2.24, 2.45) is 7.05 Å². The van der Waals surface area contributed by atoms with Crippen LogP contribution in [0.4, 0.5) is 5.95 Å². The Morgan fingerprint density at radius 3 is 2.85 bits per heavy atom. The van der Waals surface area contributed by atoms with Crippen molar-refractivity contribution in [1.29, 1.82) is 0 Å². The third-order valence-corrected chi connectivity index (χ3v) is 4.37. The van der Waals surface area contributed by atoms with E-state index >= 15 is 0 Å². The van der Waals surface area contributed by atoms with Crippen molar-refractivity contribution < 1.29 is 4.74 Å². The van der Waals surface area contributed by atoms with Crippen LogP contribution in [0.5, 0.6) is 0 Å². The number of aryl methyl sites for hydroxylation is 2. The molecule has 3 heterocycles. The van der Waals surface area contributed by atoms with Crippen molar-refractivity contribution in [1.82, 2.24) is 19.7 Å². The molecule has 20 heavy (non-hydrogen) atoms. The second-order valence-corrected chi connectivity index (χ2v) is 5.90. The SMILES string of the molecule is CCC[C@H]1COC[C@H]2CN(c3nc(C)nn3C)CCN12. The molecule has 2 aliphatic rings. The van der Waals surface area contributed by atoms with Gasteiger partial charge in [0.15, 0.2) is 0 Å². The molecule has 0 bridgehead atoms. The number of hydrogen-bond donors (Lipinski definition) is 0. The Bertz CT molecular complexity index is 458. The van der Waals surface area contributed by atoms with Crippen LogP contribution in [0.3, 0.4) is 0 Å². The topological polar surface area (TPSA) is 46.4 Å². The largest absolute Gasteiger partial charge is 0.378 e. The third kappa shape index (κ3) is 2.54. The summed E-state index contributed by atoms with van der Waals surface area (Å²) in [6.07, 6.45) is 2.46. The zero-order chi connectivity index (χ0) is 14.1. The van der Waals surface area contributed by atoms with Crippen LogP contribution in [0.25, 0.3) is 0 Å². The molecule has 0 amide bonds. The molecule has 0 aliphatic carbocycles. The van der Waals surface area contributed by atoms with Crippen LogP contribution in [-0.4, -0.2) is 64.6 Å². The van der Waals surface area contributed by atoms with Crippen molar-refractivity contribution in [3.8, 4) is 0 Å². The van der Waals surface area contributed by atoms with Gasteiger partial charge in [-0.05, 0) is 13.3 Å². The minimum Gasteiger partial charge on any atom is -0.378 e. The van der Waals surface area contributed by atoms with E-state index in [9.17, 15) is 0 Å². The Balaban J connectivity index is 1.71. The molecule has 0 aromatic carbocycles. The van der Waals surface area contributed by atoms with E-state index in [4.69, 9.17) is 4.74 Å². The summed E-state index contributed by atoms with van der Waals surface area (Å²) in [5.41, 5.74) is 0. The minimum atomic E-state index is 0.492. The van der Waals surface area contributed by atoms with Gasteiger partial charge in [-0.15, -0.1) is 0 Å². The molecule has 2 aliphatic heterocycles. The second-order valence-electron chi connectivity index (χ2n) is 5.90. The maximum atomic E-state index is 5.81. The molecule has 2 saturated heterocycles. The summed E-state index contributed by atoms with van der Waals surface area (Å²) in [4.78, 5) is 9.54. The third-order valence-electron chi connectivity index (χ3n) is 4.37. The smallest absolute Gasteiger partial charge is 0.223 e. The summed E-state index contributed by atoms with van der Waals surface area (Å²) >= 11 is 0. The summed E-state index contributed by atoms with van der Waals surface area (Å²) < 4.78 is 7.70. The number of hydrogen-bond acceptors (Lipinski definition) is 5. The highest BCUT2D eigenvalue weighted by Crippen LogP contribution is 2.23. The Kier molecular flexibility index (Phi) is 3.94. The summed E-state index contributed by atoms with van der Waals surface area (Å²) in [7, 11) is 1.97. The molecule has 0 radical (unpaired) electrons. The number of fused-ring (bicyclic) bond motifs is 1. The van der Waals surface area contributed by atoms with Crippen molar-refractivity contribution in [3.05, 3.63) is 5.82 Å². The van der Waals surface area contributed by atoms with Gasteiger partial charge in [0.1, 0.15) is 5.82 Å². The van der Waals surface area contributed by atoms with Gasteiger partial charge in [0.25, 0.3) is 0 Å². The van der Waals surface area contributed by atoms with Gasteiger partial charge in [0.2, 0.25) is 5.95 Å². The van der Waals surface area contributed by atoms with E-state index in [0.717, 1.165) is 44.6 Å². The van der Waals surface area contributed by atoms with Crippen LogP contribution in [0.1, 0.15) is 25.6 Å². The Hall–Kier alpha value is -1.14. The lowest BCUT2D eigenvalue weighted by molar-refractivity contribution is -0.0559. The lowest BCUT2D eigenvalue weighted by atomic mass is 10.0. The molecule has 3 rings (SSSR count). The summed E-state index contributed by atoms with van der Waals surface area (Å²) in [6, 6.07) is 1.09. The van der Waals surface area contributed by atoms with Crippen LogP contribution < -0.4 is 4.90 Å². The molecule has 0 saturated carbocycles. The number of ether oxygens (including phenoxy) is 1. The monoisotopic (exact) mass is 279 g/mol. The first-order valence-electron chi connectivity index (χ1n) is 7.65. The van der Waals surface area contributed by atoms with E-state index in [1.165, 1.54) is 12.8 Å². The Labute approximate surface area is 120 Å². The van der Waals surface area contributed by atoms with Gasteiger partial charge in [-0.2, -0.15) is 10.1 Å². The Morgan fingerprint density at radius 2 is 2.15 bits per heavy atom. The first kappa shape index (κ1) is 13.8. The van der Waals surface area contributed by atoms with Gasteiger partial charge in [0.05, 0.1) is 19.3 Å². The first-order chi connectivity index (χ1) is 9.69. The number of rotatable bonds is 3. The first-order valence-corrected chi connectivity index (χ1v) is 7.65. The van der Waals surface area contributed by atoms with Crippen molar-refractivity contribution in [3.63, 3.8) is 0 Å². The molecule has 0 unspecified atom stereocenters. The van der Waals surface area contributed by atoms with E-state index in [1.54, 1.807) is 0 Å². The maximum Gasteiger partial charge on any atom is 0.223 e. The molecule has 1 aromatic rings. The van der Waals surface area contributed by atoms with Crippen LogP contribution in [0.2, 0.25) is 0 Å². The van der Waals surface area contributed by atoms with Crippen LogP contribution in [0, 0.1) is 6.92 Å². The van der Waals surface area contributed by atoms with Crippen molar-refractivity contribution in [2.75, 3.05) is 37.7 Å². The van der Waals surface area contributed by atoms with Gasteiger partial charge < -0.3 is 9.64 Å². The van der Waals surface area contributed by atoms with Gasteiger partial charge in [-0.1, -0.05) is 13.3 Å². The fourth-order valence-corrected chi connectivity index (χ4v) is 3.47. The predicted octanol–water partition coefficient (Wildman–Crippen LogP) is 0.813. The van der Waals surface area contributed by atoms with E-state index in [1.807, 2.05) is 18.7 Å². The summed E-state index contributed by atoms with van der Waals surface area (Å²) in [6.45, 7) is 9.06. The lowest BCUT2D eigenvalue weighted by Gasteiger charge is -2.48. The predicted molar refractivity (Wildman–Crippen MR) is 78.0 cm³/mol. The summed E-state index contributed by atoms with van der Waals surface area (Å²) in [5.74, 6) is 1.83. The fourth-order valence-electron chi connectivity index (χ4n) is 3.47. The molecular formula is C14H25N5O. The molecule has 0 spiro atoms. The molecular weight excluding hydrogens is 254 g/mol. The highest BCUT2D eigenvalue weighted by Gasteiger charge is 2.36. The normalized spacial score (nSPS) is 27.6. The van der Waals surface area contributed by atoms with E-state index < -0.39 is 0 Å². The van der Waals surface area contributed by atoms with Crippen LogP contribution >= 0.6 is 0 Å². The summed E-state index contributed by atoms with van der Waals surface area (Å²) in [5, 5.41) is 4.35. The van der Waals surface area contributed by atoms with Gasteiger partial charge >= 0.3 is 0 Å². The molecule has 6 heteroatoms. The molecule has 2 atom stereocenters. The second kappa shape index (κ2) is 5.69. The van der Waals surface area contributed by atoms with Crippen LogP contribution in [0.15, 0.2) is 0 Å². The van der Waals surface area contributed by atoms with Gasteiger partial charge in [0, 0.05) is 32.7 Å². The highest BCUT2D eigenvalue weighted by atomic mass is 16.5. The fraction of sp³-hybridized carbons (Fsp3) is 0.857. The average molecular weight is 279 g/mol. The quantitative estimate of drug-likeness (QED) is 0.819. The van der Waals surface area contributed by atoms with Crippen molar-refractivity contribution in [2.45, 2.75) is 38.8 Å². The standard InChI is InChI=1S/C14H25N5O/c1-4-5-12-9-20-10-13-8-18(6-7-19(12)13)14-15-11(2)16-17(14)3/h12-13H,4-10H2,1-3H3/t12-,13+/m0/s1. The molecule has 0 N–H and O–H groups in total.